The van der Waals surface area contributed by atoms with Crippen LogP contribution in [0.25, 0.3) is 11.2 Å². The number of hydrogen-bond donors (Lipinski definition) is 5. The summed E-state index contributed by atoms with van der Waals surface area (Å²) in [6.45, 7) is 0. The van der Waals surface area contributed by atoms with Crippen LogP contribution in [0.2, 0.25) is 0 Å². The maximum Gasteiger partial charge on any atom is 0.705 e. The Kier molecular flexibility index (Phi) is 6.87. The molecule has 0 amide bonds. The Bertz CT molecular complexity index is 1100. The van der Waals surface area contributed by atoms with Gasteiger partial charge >= 0.3 is 23.7 Å². The van der Waals surface area contributed by atoms with Crippen molar-refractivity contribution in [3.8, 4) is 0 Å². The Balaban J connectivity index is 1.55. The van der Waals surface area contributed by atoms with Crippen LogP contribution in [0.15, 0.2) is 11.1 Å². The molecular formula is C12H19N5O10P3+. The standard InChI is InChI=1S/C12H18N5O10P3/c13-12-15-10-9(11(18)16-12)14-6-17(10)8-4-3-7(25-8)2-1-5-29(21,22)27-30(23,24)26-28(19)20/h6-8H,1-5H2,(H5-,13,15,16,18,19,20,21,22,23,24)/p+1/t7-,8-/m1/s1. The van der Waals surface area contributed by atoms with E-state index >= 15 is 0 Å². The first-order chi connectivity index (χ1) is 14.0. The van der Waals surface area contributed by atoms with Crippen molar-refractivity contribution in [3.63, 3.8) is 0 Å². The van der Waals surface area contributed by atoms with Crippen LogP contribution in [0, 0.1) is 0 Å². The molecule has 0 spiro atoms. The summed E-state index contributed by atoms with van der Waals surface area (Å²) in [5.41, 5.74) is 5.49. The second-order valence-corrected chi connectivity index (χ2v) is 10.9. The first-order valence-electron chi connectivity index (χ1n) is 8.55. The van der Waals surface area contributed by atoms with Crippen LogP contribution in [-0.4, -0.2) is 46.5 Å². The summed E-state index contributed by atoms with van der Waals surface area (Å²) >= 11 is 0. The summed E-state index contributed by atoms with van der Waals surface area (Å²) in [6, 6.07) is 0. The topological polar surface area (TPSA) is 229 Å². The second-order valence-electron chi connectivity index (χ2n) is 6.44. The van der Waals surface area contributed by atoms with E-state index in [0.29, 0.717) is 19.3 Å². The van der Waals surface area contributed by atoms with Crippen LogP contribution >= 0.6 is 23.7 Å². The highest BCUT2D eigenvalue weighted by Crippen LogP contribution is 2.63. The van der Waals surface area contributed by atoms with E-state index in [4.69, 9.17) is 20.3 Å². The lowest BCUT2D eigenvalue weighted by molar-refractivity contribution is 0.000475. The largest absolute Gasteiger partial charge is 0.705 e. The summed E-state index contributed by atoms with van der Waals surface area (Å²) < 4.78 is 48.9. The SMILES string of the molecule is Nc1nc2c(ncn2[C@H]2CC[C@@H](CCCP(=O)(O)OP(=O)(O)O[P+](=O)O)O2)c(=O)[nH]1. The van der Waals surface area contributed by atoms with Crippen molar-refractivity contribution in [2.75, 3.05) is 11.9 Å². The van der Waals surface area contributed by atoms with Gasteiger partial charge in [-0.2, -0.15) is 4.98 Å². The van der Waals surface area contributed by atoms with E-state index in [-0.39, 0.29) is 29.6 Å². The third-order valence-corrected chi connectivity index (χ3v) is 8.33. The van der Waals surface area contributed by atoms with Crippen molar-refractivity contribution >= 4 is 40.8 Å². The number of imidazole rings is 1. The van der Waals surface area contributed by atoms with Gasteiger partial charge in [-0.1, -0.05) is 0 Å². The van der Waals surface area contributed by atoms with Gasteiger partial charge < -0.3 is 15.4 Å². The second kappa shape index (κ2) is 8.91. The Hall–Kier alpha value is -1.53. The van der Waals surface area contributed by atoms with Crippen LogP contribution in [0.4, 0.5) is 5.95 Å². The molecule has 1 aliphatic heterocycles. The van der Waals surface area contributed by atoms with Gasteiger partial charge in [-0.25, -0.2) is 13.9 Å². The predicted molar refractivity (Wildman–Crippen MR) is 101 cm³/mol. The Morgan fingerprint density at radius 2 is 2.13 bits per heavy atom. The summed E-state index contributed by atoms with van der Waals surface area (Å²) in [6.07, 6.45) is 1.78. The molecule has 18 heteroatoms. The molecule has 15 nitrogen and oxygen atoms in total. The van der Waals surface area contributed by atoms with Crippen molar-refractivity contribution in [2.45, 2.75) is 38.0 Å². The maximum atomic E-state index is 11.9. The monoisotopic (exact) mass is 486 g/mol. The Morgan fingerprint density at radius 1 is 1.40 bits per heavy atom. The fraction of sp³-hybridized carbons (Fsp3) is 0.583. The fourth-order valence-corrected chi connectivity index (χ4v) is 6.37. The van der Waals surface area contributed by atoms with Gasteiger partial charge in [0.15, 0.2) is 11.2 Å². The maximum absolute atomic E-state index is 11.9. The van der Waals surface area contributed by atoms with Crippen LogP contribution in [0.1, 0.15) is 31.9 Å². The molecule has 166 valence electrons. The van der Waals surface area contributed by atoms with E-state index in [1.165, 1.54) is 6.33 Å². The summed E-state index contributed by atoms with van der Waals surface area (Å²) in [4.78, 5) is 49.5. The third kappa shape index (κ3) is 5.79. The van der Waals surface area contributed by atoms with E-state index in [0.717, 1.165) is 0 Å². The number of H-pyrrole nitrogens is 1. The average molecular weight is 486 g/mol. The first-order valence-corrected chi connectivity index (χ1v) is 12.9. The molecule has 3 heterocycles. The number of nitrogen functional groups attached to an aromatic ring is 1. The molecule has 30 heavy (non-hydrogen) atoms. The fourth-order valence-electron chi connectivity index (χ4n) is 3.08. The number of phosphoric acid groups is 1. The zero-order chi connectivity index (χ0) is 22.1. The number of anilines is 1. The number of aromatic nitrogens is 4. The van der Waals surface area contributed by atoms with E-state index < -0.39 is 41.6 Å². The summed E-state index contributed by atoms with van der Waals surface area (Å²) in [7, 11) is -13.2. The van der Waals surface area contributed by atoms with Crippen LogP contribution in [0.3, 0.4) is 0 Å². The van der Waals surface area contributed by atoms with Gasteiger partial charge in [-0.05, 0) is 30.0 Å². The molecule has 3 rings (SSSR count). The van der Waals surface area contributed by atoms with Crippen molar-refractivity contribution in [1.82, 2.24) is 19.5 Å². The van der Waals surface area contributed by atoms with Gasteiger partial charge in [0.2, 0.25) is 5.95 Å². The van der Waals surface area contributed by atoms with Gasteiger partial charge in [-0.3, -0.25) is 23.8 Å². The Morgan fingerprint density at radius 3 is 2.83 bits per heavy atom. The molecule has 0 bridgehead atoms. The minimum absolute atomic E-state index is 0.0570. The minimum Gasteiger partial charge on any atom is -0.369 e. The van der Waals surface area contributed by atoms with Crippen LogP contribution < -0.4 is 11.3 Å². The average Bonchev–Trinajstić information content (AvgIpc) is 3.18. The molecule has 1 aliphatic rings. The van der Waals surface area contributed by atoms with Crippen molar-refractivity contribution in [2.24, 2.45) is 0 Å². The first kappa shape index (κ1) is 23.1. The molecule has 0 saturated carbocycles. The van der Waals surface area contributed by atoms with Crippen LogP contribution in [-0.2, 0) is 27.1 Å². The van der Waals surface area contributed by atoms with Gasteiger partial charge in [0, 0.05) is 4.57 Å². The van der Waals surface area contributed by atoms with Crippen molar-refractivity contribution in [3.05, 3.63) is 16.7 Å². The lowest BCUT2D eigenvalue weighted by Crippen LogP contribution is -2.15. The smallest absolute Gasteiger partial charge is 0.369 e. The molecule has 0 aromatic carbocycles. The normalized spacial score (nSPS) is 23.9. The molecule has 6 N–H and O–H groups in total. The van der Waals surface area contributed by atoms with E-state index in [1.807, 2.05) is 0 Å². The highest BCUT2D eigenvalue weighted by molar-refractivity contribution is 7.66. The number of nitrogens with zero attached hydrogens (tertiary/aromatic N) is 3. The number of aromatic amines is 1. The number of hydrogen-bond acceptors (Lipinski definition) is 10. The summed E-state index contributed by atoms with van der Waals surface area (Å²) in [5, 5.41) is 0. The number of ether oxygens (including phenoxy) is 1. The molecule has 2 aromatic rings. The van der Waals surface area contributed by atoms with Crippen LogP contribution in [0.5, 0.6) is 0 Å². The van der Waals surface area contributed by atoms with E-state index in [9.17, 15) is 23.4 Å². The lowest BCUT2D eigenvalue weighted by Gasteiger charge is -2.16. The van der Waals surface area contributed by atoms with Crippen molar-refractivity contribution in [1.29, 1.82) is 0 Å². The Labute approximate surface area is 169 Å². The van der Waals surface area contributed by atoms with E-state index in [2.05, 4.69) is 23.6 Å². The number of fused-ring (bicyclic) bond motifs is 1. The van der Waals surface area contributed by atoms with Gasteiger partial charge in [-0.15, -0.1) is 4.89 Å². The molecule has 3 unspecified atom stereocenters. The zero-order valence-electron chi connectivity index (χ0n) is 15.2. The zero-order valence-corrected chi connectivity index (χ0v) is 17.9. The molecule has 0 aliphatic carbocycles. The number of nitrogens with two attached hydrogens (primary N) is 1. The third-order valence-electron chi connectivity index (χ3n) is 4.22. The van der Waals surface area contributed by atoms with Gasteiger partial charge in [0.25, 0.3) is 5.56 Å². The molecule has 1 fully saturated rings. The predicted octanol–water partition coefficient (Wildman–Crippen LogP) is 1.13. The minimum atomic E-state index is -5.14. The molecule has 5 atom stereocenters. The molecule has 1 saturated heterocycles. The highest BCUT2D eigenvalue weighted by atomic mass is 31.3. The molecule has 2 aromatic heterocycles. The summed E-state index contributed by atoms with van der Waals surface area (Å²) in [5.74, 6) is -0.0570. The lowest BCUT2D eigenvalue weighted by atomic mass is 10.1. The molecule has 0 radical (unpaired) electrons. The quantitative estimate of drug-likeness (QED) is 0.313. The highest BCUT2D eigenvalue weighted by Gasteiger charge is 2.41. The van der Waals surface area contributed by atoms with Gasteiger partial charge in [0.1, 0.15) is 6.23 Å². The molecular weight excluding hydrogens is 467 g/mol. The number of rotatable bonds is 9. The van der Waals surface area contributed by atoms with E-state index in [1.54, 1.807) is 4.57 Å². The number of nitrogens with one attached hydrogen (secondary N) is 1. The van der Waals surface area contributed by atoms with Gasteiger partial charge in [0.05, 0.1) is 18.6 Å². The van der Waals surface area contributed by atoms with Crippen molar-refractivity contribution < 1.29 is 41.7 Å².